The van der Waals surface area contributed by atoms with Crippen molar-refractivity contribution in [1.82, 2.24) is 9.21 Å². The minimum Gasteiger partial charge on any atom is -0.383 e. The van der Waals surface area contributed by atoms with Gasteiger partial charge in [-0.3, -0.25) is 0 Å². The molecule has 1 fully saturated rings. The van der Waals surface area contributed by atoms with Crippen LogP contribution in [0, 0.1) is 11.3 Å². The van der Waals surface area contributed by atoms with Crippen LogP contribution in [0.15, 0.2) is 77.7 Å². The number of likely N-dealkylation sites (N-methyl/N-ethyl adjacent to an activating group) is 1. The summed E-state index contributed by atoms with van der Waals surface area (Å²) in [6.45, 7) is 4.53. The summed E-state index contributed by atoms with van der Waals surface area (Å²) in [6.07, 6.45) is 0.589. The van der Waals surface area contributed by atoms with Gasteiger partial charge in [0.05, 0.1) is 16.5 Å². The summed E-state index contributed by atoms with van der Waals surface area (Å²) >= 11 is 0. The van der Waals surface area contributed by atoms with E-state index in [0.717, 1.165) is 48.7 Å². The third kappa shape index (κ3) is 5.09. The molecule has 5 rings (SSSR count). The molecule has 1 N–H and O–H groups in total. The summed E-state index contributed by atoms with van der Waals surface area (Å²) in [4.78, 5) is 4.88. The molecule has 186 valence electrons. The van der Waals surface area contributed by atoms with Crippen molar-refractivity contribution in [3.63, 3.8) is 0 Å². The zero-order valence-corrected chi connectivity index (χ0v) is 21.3. The van der Waals surface area contributed by atoms with Gasteiger partial charge in [0, 0.05) is 56.7 Å². The minimum atomic E-state index is -3.79. The van der Waals surface area contributed by atoms with Crippen molar-refractivity contribution in [2.45, 2.75) is 23.9 Å². The zero-order chi connectivity index (χ0) is 25.1. The van der Waals surface area contributed by atoms with Gasteiger partial charge in [-0.2, -0.15) is 9.57 Å². The van der Waals surface area contributed by atoms with E-state index in [4.69, 9.17) is 0 Å². The second kappa shape index (κ2) is 10.3. The molecule has 8 heteroatoms. The lowest BCUT2D eigenvalue weighted by Crippen LogP contribution is -2.44. The largest absolute Gasteiger partial charge is 0.383 e. The van der Waals surface area contributed by atoms with E-state index in [-0.39, 0.29) is 12.6 Å². The van der Waals surface area contributed by atoms with E-state index in [0.29, 0.717) is 23.4 Å². The lowest BCUT2D eigenvalue weighted by Gasteiger charge is -2.34. The Morgan fingerprint density at radius 2 is 1.69 bits per heavy atom. The van der Waals surface area contributed by atoms with Crippen LogP contribution in [-0.2, 0) is 23.0 Å². The molecule has 1 unspecified atom stereocenters. The molecule has 7 nitrogen and oxygen atoms in total. The molecule has 2 heterocycles. The molecule has 0 spiro atoms. The van der Waals surface area contributed by atoms with Crippen molar-refractivity contribution in [2.24, 2.45) is 0 Å². The summed E-state index contributed by atoms with van der Waals surface area (Å²) < 4.78 is 29.7. The number of nitrogens with zero attached hydrogens (tertiary/aromatic N) is 4. The smallest absolute Gasteiger partial charge is 0.243 e. The zero-order valence-electron chi connectivity index (χ0n) is 20.5. The third-order valence-electron chi connectivity index (χ3n) is 7.12. The number of hydrogen-bond donors (Lipinski definition) is 1. The highest BCUT2D eigenvalue weighted by Gasteiger charge is 2.34. The minimum absolute atomic E-state index is 0.206. The van der Waals surface area contributed by atoms with Gasteiger partial charge >= 0.3 is 0 Å². The molecule has 0 aromatic heterocycles. The number of nitrogens with one attached hydrogen (secondary N) is 1. The predicted octanol–water partition coefficient (Wildman–Crippen LogP) is 3.54. The highest BCUT2D eigenvalue weighted by molar-refractivity contribution is 7.89. The van der Waals surface area contributed by atoms with E-state index in [9.17, 15) is 13.7 Å². The van der Waals surface area contributed by atoms with Crippen molar-refractivity contribution in [3.05, 3.63) is 89.5 Å². The topological polar surface area (TPSA) is 79.7 Å². The highest BCUT2D eigenvalue weighted by atomic mass is 32.2. The Kier molecular flexibility index (Phi) is 6.97. The van der Waals surface area contributed by atoms with Crippen LogP contribution in [0.1, 0.15) is 16.7 Å². The van der Waals surface area contributed by atoms with Gasteiger partial charge in [-0.15, -0.1) is 0 Å². The number of sulfonamides is 1. The van der Waals surface area contributed by atoms with Crippen LogP contribution < -0.4 is 10.2 Å². The van der Waals surface area contributed by atoms with Gasteiger partial charge in [-0.1, -0.05) is 30.3 Å². The first-order valence-electron chi connectivity index (χ1n) is 12.3. The number of anilines is 2. The van der Waals surface area contributed by atoms with Crippen LogP contribution in [0.3, 0.4) is 0 Å². The number of nitriles is 1. The van der Waals surface area contributed by atoms with E-state index >= 15 is 0 Å². The van der Waals surface area contributed by atoms with Crippen molar-refractivity contribution in [1.29, 1.82) is 5.26 Å². The molecular formula is C28H31N5O2S. The van der Waals surface area contributed by atoms with Gasteiger partial charge in [0.1, 0.15) is 0 Å². The van der Waals surface area contributed by atoms with Crippen molar-refractivity contribution in [2.75, 3.05) is 50.0 Å². The van der Waals surface area contributed by atoms with Gasteiger partial charge in [-0.05, 0) is 67.1 Å². The van der Waals surface area contributed by atoms with Crippen LogP contribution in [0.2, 0.25) is 0 Å². The Morgan fingerprint density at radius 1 is 0.972 bits per heavy atom. The van der Waals surface area contributed by atoms with Crippen LogP contribution in [0.5, 0.6) is 0 Å². The normalized spacial score (nSPS) is 19.1. The molecule has 2 aliphatic rings. The molecule has 0 bridgehead atoms. The van der Waals surface area contributed by atoms with Crippen LogP contribution in [-0.4, -0.2) is 63.4 Å². The number of fused-ring (bicyclic) bond motifs is 1. The summed E-state index contributed by atoms with van der Waals surface area (Å²) in [5.74, 6) is 0. The summed E-state index contributed by atoms with van der Waals surface area (Å²) in [6, 6.07) is 24.6. The summed E-state index contributed by atoms with van der Waals surface area (Å²) in [7, 11) is -1.67. The maximum atomic E-state index is 14.0. The van der Waals surface area contributed by atoms with Crippen molar-refractivity contribution < 1.29 is 8.42 Å². The maximum Gasteiger partial charge on any atom is 0.243 e. The van der Waals surface area contributed by atoms with Gasteiger partial charge in [-0.25, -0.2) is 8.42 Å². The third-order valence-corrected chi connectivity index (χ3v) is 9.03. The van der Waals surface area contributed by atoms with Crippen LogP contribution >= 0.6 is 0 Å². The van der Waals surface area contributed by atoms with Gasteiger partial charge in [0.2, 0.25) is 10.0 Å². The van der Waals surface area contributed by atoms with E-state index < -0.39 is 10.0 Å². The van der Waals surface area contributed by atoms with Gasteiger partial charge < -0.3 is 15.1 Å². The van der Waals surface area contributed by atoms with Crippen LogP contribution in [0.25, 0.3) is 0 Å². The molecule has 1 saturated heterocycles. The lowest BCUT2D eigenvalue weighted by molar-refractivity contribution is 0.313. The van der Waals surface area contributed by atoms with E-state index in [1.807, 2.05) is 48.5 Å². The molecule has 0 radical (unpaired) electrons. The summed E-state index contributed by atoms with van der Waals surface area (Å²) in [5, 5.41) is 12.8. The molecule has 3 aromatic carbocycles. The second-order valence-corrected chi connectivity index (χ2v) is 11.4. The van der Waals surface area contributed by atoms with Crippen LogP contribution in [0.4, 0.5) is 11.4 Å². The molecule has 0 saturated carbocycles. The molecular weight excluding hydrogens is 470 g/mol. The Morgan fingerprint density at radius 3 is 2.39 bits per heavy atom. The van der Waals surface area contributed by atoms with Crippen molar-refractivity contribution >= 4 is 21.4 Å². The van der Waals surface area contributed by atoms with E-state index in [2.05, 4.69) is 28.2 Å². The van der Waals surface area contributed by atoms with Crippen molar-refractivity contribution in [3.8, 4) is 6.07 Å². The predicted molar refractivity (Wildman–Crippen MR) is 142 cm³/mol. The number of rotatable bonds is 5. The molecule has 0 amide bonds. The Bertz CT molecular complexity index is 1340. The number of hydrogen-bond acceptors (Lipinski definition) is 6. The molecule has 2 aliphatic heterocycles. The average molecular weight is 502 g/mol. The number of benzene rings is 3. The molecule has 36 heavy (non-hydrogen) atoms. The lowest BCUT2D eigenvalue weighted by atomic mass is 10.1. The first-order chi connectivity index (χ1) is 17.4. The van der Waals surface area contributed by atoms with Gasteiger partial charge in [0.25, 0.3) is 0 Å². The summed E-state index contributed by atoms with van der Waals surface area (Å²) in [5.41, 5.74) is 4.33. The fourth-order valence-electron chi connectivity index (χ4n) is 4.96. The monoisotopic (exact) mass is 501 g/mol. The number of piperazine rings is 1. The van der Waals surface area contributed by atoms with Gasteiger partial charge in [0.15, 0.2) is 0 Å². The quantitative estimate of drug-likeness (QED) is 0.576. The molecule has 0 aliphatic carbocycles. The van der Waals surface area contributed by atoms with E-state index in [1.165, 1.54) is 0 Å². The standard InChI is InChI=1S/C28H31N5O2S/c1-31-13-15-32(16-14-31)25-8-10-27(11-9-25)36(34,35)33-21-24-17-23(19-29)7-12-28(24)30-20-26(33)18-22-5-3-2-4-6-22/h2-12,17,26,30H,13-16,18,20-21H2,1H3. The Balaban J connectivity index is 1.47. The Labute approximate surface area is 213 Å². The fraction of sp³-hybridized carbons (Fsp3) is 0.321. The van der Waals surface area contributed by atoms with E-state index in [1.54, 1.807) is 28.6 Å². The highest BCUT2D eigenvalue weighted by Crippen LogP contribution is 2.30. The molecule has 1 atom stereocenters. The first kappa shape index (κ1) is 24.3. The molecule has 3 aromatic rings. The maximum absolute atomic E-state index is 14.0. The first-order valence-corrected chi connectivity index (χ1v) is 13.7. The fourth-order valence-corrected chi connectivity index (χ4v) is 6.56. The Hall–Kier alpha value is -3.38. The second-order valence-electron chi connectivity index (χ2n) is 9.54. The SMILES string of the molecule is CN1CCN(c2ccc(S(=O)(=O)N3Cc4cc(C#N)ccc4NCC3Cc3ccccc3)cc2)CC1. The average Bonchev–Trinajstić information content (AvgIpc) is 3.09.